The first kappa shape index (κ1) is 34.3. The summed E-state index contributed by atoms with van der Waals surface area (Å²) in [6.07, 6.45) is 3.01. The summed E-state index contributed by atoms with van der Waals surface area (Å²) < 4.78 is 19.4. The lowest BCUT2D eigenvalue weighted by Gasteiger charge is -2.33. The molecule has 0 aliphatic carbocycles. The number of ether oxygens (including phenoxy) is 3. The van der Waals surface area contributed by atoms with Gasteiger partial charge < -0.3 is 24.4 Å². The molecular weight excluding hydrogens is 588 g/mol. The molecule has 1 saturated heterocycles. The number of nitrogens with zero attached hydrogens (tertiary/aromatic N) is 5. The average molecular weight is 635 g/mol. The van der Waals surface area contributed by atoms with Gasteiger partial charge in [-0.15, -0.1) is 0 Å². The highest BCUT2D eigenvalue weighted by Crippen LogP contribution is 2.31. The van der Waals surface area contributed by atoms with Gasteiger partial charge in [-0.05, 0) is 71.2 Å². The first-order chi connectivity index (χ1) is 21.5. The van der Waals surface area contributed by atoms with Crippen LogP contribution < -0.4 is 15.0 Å². The molecule has 46 heavy (non-hydrogen) atoms. The monoisotopic (exact) mass is 634 g/mol. The molecule has 3 heterocycles. The summed E-state index contributed by atoms with van der Waals surface area (Å²) in [4.78, 5) is 46.4. The molecule has 0 atom stereocenters. The molecule has 248 valence electrons. The predicted molar refractivity (Wildman–Crippen MR) is 176 cm³/mol. The number of piperidine rings is 1. The van der Waals surface area contributed by atoms with Crippen molar-refractivity contribution in [1.82, 2.24) is 19.5 Å². The van der Waals surface area contributed by atoms with E-state index in [1.165, 1.54) is 11.0 Å². The molecule has 4 rings (SSSR count). The van der Waals surface area contributed by atoms with E-state index in [-0.39, 0.29) is 30.6 Å². The number of hydrogen-bond acceptors (Lipinski definition) is 8. The first-order valence-corrected chi connectivity index (χ1v) is 15.6. The van der Waals surface area contributed by atoms with Crippen LogP contribution in [0.25, 0.3) is 5.65 Å². The molecule has 0 spiro atoms. The van der Waals surface area contributed by atoms with Crippen molar-refractivity contribution in [1.29, 1.82) is 0 Å². The molecular formula is C34H46N6O6. The molecule has 2 aromatic heterocycles. The van der Waals surface area contributed by atoms with Crippen LogP contribution in [0.2, 0.25) is 0 Å². The molecule has 12 heteroatoms. The highest BCUT2D eigenvalue weighted by Gasteiger charge is 2.30. The standard InChI is InChI=1S/C34H46N6O6/c1-10-27(41)36-24-13-11-12-23(18-24)21-39(32(43)46-34(7,8)9)29-19-28(37-30-26(22(2)3)20-35-40(29)30)44-25-14-16-38(17-15-25)31(42)45-33(4,5)6/h10-13,18-20,22,25H,1,14-17,21H2,2-9H3,(H,36,41). The number of amides is 3. The Morgan fingerprint density at radius 2 is 1.74 bits per heavy atom. The molecule has 12 nitrogen and oxygen atoms in total. The highest BCUT2D eigenvalue weighted by atomic mass is 16.6. The second-order valence-corrected chi connectivity index (χ2v) is 13.7. The van der Waals surface area contributed by atoms with Gasteiger partial charge >= 0.3 is 12.2 Å². The van der Waals surface area contributed by atoms with Crippen molar-refractivity contribution in [3.05, 3.63) is 60.3 Å². The van der Waals surface area contributed by atoms with Gasteiger partial charge in [0.25, 0.3) is 0 Å². The number of anilines is 2. The minimum atomic E-state index is -0.768. The number of fused-ring (bicyclic) bond motifs is 1. The van der Waals surface area contributed by atoms with Gasteiger partial charge in [-0.3, -0.25) is 9.69 Å². The third-order valence-corrected chi connectivity index (χ3v) is 7.07. The second-order valence-electron chi connectivity index (χ2n) is 13.7. The van der Waals surface area contributed by atoms with E-state index in [1.807, 2.05) is 40.7 Å². The first-order valence-electron chi connectivity index (χ1n) is 15.6. The minimum absolute atomic E-state index is 0.102. The van der Waals surface area contributed by atoms with Crippen molar-refractivity contribution in [2.24, 2.45) is 0 Å². The van der Waals surface area contributed by atoms with Gasteiger partial charge in [0.05, 0.1) is 12.7 Å². The smallest absolute Gasteiger partial charge is 0.416 e. The maximum absolute atomic E-state index is 13.8. The van der Waals surface area contributed by atoms with Crippen molar-refractivity contribution in [2.45, 2.75) is 98.0 Å². The van der Waals surface area contributed by atoms with Crippen LogP contribution in [0, 0.1) is 0 Å². The predicted octanol–water partition coefficient (Wildman–Crippen LogP) is 6.70. The lowest BCUT2D eigenvalue weighted by atomic mass is 10.1. The van der Waals surface area contributed by atoms with Crippen molar-refractivity contribution in [2.75, 3.05) is 23.3 Å². The number of likely N-dealkylation sites (tertiary alicyclic amines) is 1. The summed E-state index contributed by atoms with van der Waals surface area (Å²) in [5, 5.41) is 7.38. The summed E-state index contributed by atoms with van der Waals surface area (Å²) in [6.45, 7) is 19.6. The van der Waals surface area contributed by atoms with Gasteiger partial charge in [0.15, 0.2) is 5.65 Å². The molecule has 3 amide bonds. The van der Waals surface area contributed by atoms with Crippen LogP contribution in [0.4, 0.5) is 21.1 Å². The fourth-order valence-electron chi connectivity index (χ4n) is 4.94. The number of nitrogens with one attached hydrogen (secondary N) is 1. The van der Waals surface area contributed by atoms with Crippen LogP contribution in [0.1, 0.15) is 85.3 Å². The molecule has 1 aliphatic heterocycles. The topological polar surface area (TPSA) is 128 Å². The van der Waals surface area contributed by atoms with Gasteiger partial charge in [0.2, 0.25) is 11.8 Å². The summed E-state index contributed by atoms with van der Waals surface area (Å²) in [6, 6.07) is 8.90. The van der Waals surface area contributed by atoms with Crippen LogP contribution in [0.15, 0.2) is 49.2 Å². The number of rotatable bonds is 8. The molecule has 0 saturated carbocycles. The molecule has 1 aromatic carbocycles. The Balaban J connectivity index is 1.69. The zero-order chi connectivity index (χ0) is 33.8. The van der Waals surface area contributed by atoms with Gasteiger partial charge in [0.1, 0.15) is 23.1 Å². The van der Waals surface area contributed by atoms with Crippen LogP contribution in [0.3, 0.4) is 0 Å². The number of carbonyl (C=O) groups is 3. The SMILES string of the molecule is C=CC(=O)Nc1cccc(CN(C(=O)OC(C)(C)C)c2cc(OC3CCN(C(=O)OC(C)(C)C)CC3)nc3c(C(C)C)cnn23)c1. The summed E-state index contributed by atoms with van der Waals surface area (Å²) in [5.74, 6) is 0.507. The van der Waals surface area contributed by atoms with Crippen LogP contribution in [-0.4, -0.2) is 68.0 Å². The maximum Gasteiger partial charge on any atom is 0.416 e. The largest absolute Gasteiger partial charge is 0.474 e. The fraction of sp³-hybridized carbons (Fsp3) is 0.500. The molecule has 1 aliphatic rings. The van der Waals surface area contributed by atoms with Crippen molar-refractivity contribution >= 4 is 35.2 Å². The van der Waals surface area contributed by atoms with E-state index in [0.717, 1.165) is 11.1 Å². The van der Waals surface area contributed by atoms with Crippen molar-refractivity contribution < 1.29 is 28.6 Å². The lowest BCUT2D eigenvalue weighted by Crippen LogP contribution is -2.44. The van der Waals surface area contributed by atoms with E-state index in [2.05, 4.69) is 17.0 Å². The van der Waals surface area contributed by atoms with Crippen molar-refractivity contribution in [3.8, 4) is 5.88 Å². The number of benzene rings is 1. The number of aromatic nitrogens is 3. The van der Waals surface area contributed by atoms with Gasteiger partial charge in [-0.2, -0.15) is 14.6 Å². The Bertz CT molecular complexity index is 1580. The Hall–Kier alpha value is -4.61. The Morgan fingerprint density at radius 3 is 2.35 bits per heavy atom. The Morgan fingerprint density at radius 1 is 1.07 bits per heavy atom. The second kappa shape index (κ2) is 13.8. The summed E-state index contributed by atoms with van der Waals surface area (Å²) in [7, 11) is 0. The number of hydrogen-bond donors (Lipinski definition) is 1. The van der Waals surface area contributed by atoms with Crippen LogP contribution in [-0.2, 0) is 20.8 Å². The molecule has 1 fully saturated rings. The van der Waals surface area contributed by atoms with E-state index in [0.29, 0.717) is 49.0 Å². The summed E-state index contributed by atoms with van der Waals surface area (Å²) in [5.41, 5.74) is 1.43. The van der Waals surface area contributed by atoms with Crippen molar-refractivity contribution in [3.63, 3.8) is 0 Å². The van der Waals surface area contributed by atoms with E-state index in [4.69, 9.17) is 19.2 Å². The highest BCUT2D eigenvalue weighted by molar-refractivity contribution is 5.99. The summed E-state index contributed by atoms with van der Waals surface area (Å²) >= 11 is 0. The average Bonchev–Trinajstić information content (AvgIpc) is 3.39. The molecule has 0 unspecified atom stereocenters. The zero-order valence-corrected chi connectivity index (χ0v) is 28.1. The Labute approximate surface area is 270 Å². The van der Waals surface area contributed by atoms with Gasteiger partial charge in [0, 0.05) is 43.2 Å². The normalized spacial score (nSPS) is 14.2. The zero-order valence-electron chi connectivity index (χ0n) is 28.1. The molecule has 3 aromatic rings. The molecule has 0 bridgehead atoms. The molecule has 1 N–H and O–H groups in total. The van der Waals surface area contributed by atoms with E-state index in [9.17, 15) is 14.4 Å². The fourth-order valence-corrected chi connectivity index (χ4v) is 4.94. The quantitative estimate of drug-likeness (QED) is 0.271. The molecule has 0 radical (unpaired) electrons. The maximum atomic E-state index is 13.8. The number of carbonyl (C=O) groups excluding carboxylic acids is 3. The van der Waals surface area contributed by atoms with E-state index in [1.54, 1.807) is 60.6 Å². The van der Waals surface area contributed by atoms with Gasteiger partial charge in [-0.1, -0.05) is 32.6 Å². The third-order valence-electron chi connectivity index (χ3n) is 7.07. The lowest BCUT2D eigenvalue weighted by molar-refractivity contribution is -0.111. The Kier molecular flexibility index (Phi) is 10.3. The van der Waals surface area contributed by atoms with Gasteiger partial charge in [-0.25, -0.2) is 9.59 Å². The van der Waals surface area contributed by atoms with Crippen LogP contribution in [0.5, 0.6) is 5.88 Å². The van der Waals surface area contributed by atoms with E-state index >= 15 is 0 Å². The minimum Gasteiger partial charge on any atom is -0.474 e. The third kappa shape index (κ3) is 8.98. The van der Waals surface area contributed by atoms with E-state index < -0.39 is 17.3 Å². The van der Waals surface area contributed by atoms with Crippen LogP contribution >= 0.6 is 0 Å².